The van der Waals surface area contributed by atoms with Crippen LogP contribution in [-0.4, -0.2) is 16.1 Å². The van der Waals surface area contributed by atoms with Crippen LogP contribution in [0.25, 0.3) is 0 Å². The lowest BCUT2D eigenvalue weighted by molar-refractivity contribution is 0.0690. The fourth-order valence-corrected chi connectivity index (χ4v) is 1.73. The summed E-state index contributed by atoms with van der Waals surface area (Å²) < 4.78 is 5.49. The van der Waals surface area contributed by atoms with Crippen molar-refractivity contribution >= 4 is 17.6 Å². The molecule has 19 heavy (non-hydrogen) atoms. The van der Waals surface area contributed by atoms with Gasteiger partial charge in [0.25, 0.3) is 0 Å². The van der Waals surface area contributed by atoms with Crippen LogP contribution in [0.4, 0.5) is 0 Å². The van der Waals surface area contributed by atoms with Crippen LogP contribution in [-0.2, 0) is 6.42 Å². The minimum absolute atomic E-state index is 0.0844. The summed E-state index contributed by atoms with van der Waals surface area (Å²) in [7, 11) is 0. The second kappa shape index (κ2) is 5.71. The van der Waals surface area contributed by atoms with Gasteiger partial charge in [-0.2, -0.15) is 0 Å². The van der Waals surface area contributed by atoms with Crippen LogP contribution >= 0.6 is 11.6 Å². The first-order valence-electron chi connectivity index (χ1n) is 5.76. The van der Waals surface area contributed by atoms with Crippen LogP contribution in [0.15, 0.2) is 36.4 Å². The highest BCUT2D eigenvalue weighted by molar-refractivity contribution is 6.33. The van der Waals surface area contributed by atoms with E-state index in [-0.39, 0.29) is 16.6 Å². The number of rotatable bonds is 4. The molecule has 0 bridgehead atoms. The summed E-state index contributed by atoms with van der Waals surface area (Å²) in [5, 5.41) is 9.01. The van der Waals surface area contributed by atoms with Crippen molar-refractivity contribution < 1.29 is 14.6 Å². The lowest BCUT2D eigenvalue weighted by Crippen LogP contribution is -2.02. The van der Waals surface area contributed by atoms with Gasteiger partial charge < -0.3 is 9.84 Å². The second-order valence-corrected chi connectivity index (χ2v) is 4.29. The van der Waals surface area contributed by atoms with Gasteiger partial charge >= 0.3 is 5.97 Å². The Morgan fingerprint density at radius 2 is 1.95 bits per heavy atom. The van der Waals surface area contributed by atoms with Gasteiger partial charge in [-0.15, -0.1) is 0 Å². The number of aryl methyl sites for hydroxylation is 1. The first-order chi connectivity index (χ1) is 9.10. The summed E-state index contributed by atoms with van der Waals surface area (Å²) in [5.41, 5.74) is 0.979. The number of hydrogen-bond donors (Lipinski definition) is 1. The van der Waals surface area contributed by atoms with Crippen LogP contribution in [0, 0.1) is 0 Å². The molecule has 4 nitrogen and oxygen atoms in total. The van der Waals surface area contributed by atoms with Crippen LogP contribution in [0.1, 0.15) is 23.0 Å². The van der Waals surface area contributed by atoms with Gasteiger partial charge in [0.2, 0.25) is 5.88 Å². The van der Waals surface area contributed by atoms with Crippen molar-refractivity contribution in [3.05, 3.63) is 52.7 Å². The van der Waals surface area contributed by atoms with E-state index in [0.717, 1.165) is 6.42 Å². The van der Waals surface area contributed by atoms with E-state index in [1.165, 1.54) is 17.7 Å². The zero-order valence-corrected chi connectivity index (χ0v) is 11.0. The summed E-state index contributed by atoms with van der Waals surface area (Å²) in [6.45, 7) is 2.07. The van der Waals surface area contributed by atoms with Crippen molar-refractivity contribution in [1.82, 2.24) is 4.98 Å². The summed E-state index contributed by atoms with van der Waals surface area (Å²) in [6.07, 6.45) is 0.947. The van der Waals surface area contributed by atoms with E-state index in [9.17, 15) is 4.79 Å². The Balaban J connectivity index is 2.22. The third-order valence-corrected chi connectivity index (χ3v) is 2.88. The molecule has 0 unspecified atom stereocenters. The maximum Gasteiger partial charge on any atom is 0.356 e. The summed E-state index contributed by atoms with van der Waals surface area (Å²) in [4.78, 5) is 14.8. The first kappa shape index (κ1) is 13.4. The lowest BCUT2D eigenvalue weighted by Gasteiger charge is -2.06. The van der Waals surface area contributed by atoms with Gasteiger partial charge in [-0.05, 0) is 30.2 Å². The molecule has 0 atom stereocenters. The standard InChI is InChI=1S/C14H12ClNO3/c1-2-9-3-5-10(6-4-9)19-12-8-7-11(15)13(16-12)14(17)18/h3-8H,2H2,1H3,(H,17,18). The molecule has 0 saturated heterocycles. The summed E-state index contributed by atoms with van der Waals surface area (Å²) >= 11 is 5.73. The Morgan fingerprint density at radius 1 is 1.26 bits per heavy atom. The zero-order valence-electron chi connectivity index (χ0n) is 10.3. The molecule has 1 N–H and O–H groups in total. The normalized spacial score (nSPS) is 10.2. The van der Waals surface area contributed by atoms with Gasteiger partial charge in [0.05, 0.1) is 5.02 Å². The number of aromatic carboxylic acids is 1. The average molecular weight is 278 g/mol. The molecule has 0 fully saturated rings. The number of aromatic nitrogens is 1. The predicted octanol–water partition coefficient (Wildman–Crippen LogP) is 3.79. The van der Waals surface area contributed by atoms with Crippen LogP contribution < -0.4 is 4.74 Å². The fourth-order valence-electron chi connectivity index (χ4n) is 1.55. The number of benzene rings is 1. The average Bonchev–Trinajstić information content (AvgIpc) is 2.41. The molecule has 98 valence electrons. The van der Waals surface area contributed by atoms with E-state index >= 15 is 0 Å². The predicted molar refractivity (Wildman–Crippen MR) is 72.1 cm³/mol. The zero-order chi connectivity index (χ0) is 13.8. The number of carboxylic acid groups (broad SMARTS) is 1. The van der Waals surface area contributed by atoms with Crippen LogP contribution in [0.3, 0.4) is 0 Å². The maximum absolute atomic E-state index is 10.9. The van der Waals surface area contributed by atoms with Crippen LogP contribution in [0.2, 0.25) is 5.02 Å². The number of hydrogen-bond acceptors (Lipinski definition) is 3. The molecule has 2 aromatic rings. The minimum Gasteiger partial charge on any atom is -0.476 e. The molecular weight excluding hydrogens is 266 g/mol. The molecule has 2 rings (SSSR count). The minimum atomic E-state index is -1.18. The third-order valence-electron chi connectivity index (χ3n) is 2.58. The molecule has 0 aliphatic rings. The van der Waals surface area contributed by atoms with Crippen molar-refractivity contribution in [2.45, 2.75) is 13.3 Å². The topological polar surface area (TPSA) is 59.4 Å². The smallest absolute Gasteiger partial charge is 0.356 e. The second-order valence-electron chi connectivity index (χ2n) is 3.88. The van der Waals surface area contributed by atoms with Crippen LogP contribution in [0.5, 0.6) is 11.6 Å². The van der Waals surface area contributed by atoms with E-state index in [4.69, 9.17) is 21.4 Å². The molecule has 0 amide bonds. The van der Waals surface area contributed by atoms with Gasteiger partial charge in [0, 0.05) is 6.07 Å². The Hall–Kier alpha value is -2.07. The number of nitrogens with zero attached hydrogens (tertiary/aromatic N) is 1. The molecular formula is C14H12ClNO3. The third kappa shape index (κ3) is 3.23. The molecule has 0 radical (unpaired) electrons. The van der Waals surface area contributed by atoms with Gasteiger partial charge in [0.1, 0.15) is 5.75 Å². The van der Waals surface area contributed by atoms with E-state index in [1.54, 1.807) is 0 Å². The molecule has 0 saturated carbocycles. The van der Waals surface area contributed by atoms with Gasteiger partial charge in [-0.1, -0.05) is 30.7 Å². The Labute approximate surface area is 115 Å². The molecule has 0 aliphatic heterocycles. The van der Waals surface area contributed by atoms with Crippen molar-refractivity contribution in [2.75, 3.05) is 0 Å². The molecule has 1 aromatic carbocycles. The van der Waals surface area contributed by atoms with Crippen molar-refractivity contribution in [1.29, 1.82) is 0 Å². The molecule has 1 aromatic heterocycles. The van der Waals surface area contributed by atoms with Gasteiger partial charge in [-0.3, -0.25) is 0 Å². The summed E-state index contributed by atoms with van der Waals surface area (Å²) in [6, 6.07) is 10.5. The highest BCUT2D eigenvalue weighted by atomic mass is 35.5. The first-order valence-corrected chi connectivity index (χ1v) is 6.14. The van der Waals surface area contributed by atoms with E-state index < -0.39 is 5.97 Å². The largest absolute Gasteiger partial charge is 0.476 e. The molecule has 1 heterocycles. The Kier molecular flexibility index (Phi) is 4.02. The number of ether oxygens (including phenoxy) is 1. The number of carboxylic acids is 1. The highest BCUT2D eigenvalue weighted by Gasteiger charge is 2.12. The van der Waals surface area contributed by atoms with E-state index in [2.05, 4.69) is 11.9 Å². The number of halogens is 1. The maximum atomic E-state index is 10.9. The van der Waals surface area contributed by atoms with Gasteiger partial charge in [-0.25, -0.2) is 9.78 Å². The Bertz CT molecular complexity index is 596. The SMILES string of the molecule is CCc1ccc(Oc2ccc(Cl)c(C(=O)O)n2)cc1. The van der Waals surface area contributed by atoms with Crippen molar-refractivity contribution in [2.24, 2.45) is 0 Å². The fraction of sp³-hybridized carbons (Fsp3) is 0.143. The van der Waals surface area contributed by atoms with Crippen molar-refractivity contribution in [3.8, 4) is 11.6 Å². The molecule has 0 spiro atoms. The van der Waals surface area contributed by atoms with Crippen molar-refractivity contribution in [3.63, 3.8) is 0 Å². The summed E-state index contributed by atoms with van der Waals surface area (Å²) in [5.74, 6) is -0.383. The highest BCUT2D eigenvalue weighted by Crippen LogP contribution is 2.23. The van der Waals surface area contributed by atoms with Gasteiger partial charge in [0.15, 0.2) is 5.69 Å². The monoisotopic (exact) mass is 277 g/mol. The van der Waals surface area contributed by atoms with E-state index in [1.807, 2.05) is 24.3 Å². The lowest BCUT2D eigenvalue weighted by atomic mass is 10.2. The van der Waals surface area contributed by atoms with E-state index in [0.29, 0.717) is 5.75 Å². The number of pyridine rings is 1. The molecule has 0 aliphatic carbocycles. The Morgan fingerprint density at radius 3 is 2.53 bits per heavy atom. The molecule has 5 heteroatoms. The number of carbonyl (C=O) groups is 1. The quantitative estimate of drug-likeness (QED) is 0.924.